The molecule has 0 aliphatic carbocycles. The second-order valence-electron chi connectivity index (χ2n) is 11.5. The van der Waals surface area contributed by atoms with Gasteiger partial charge in [-0.3, -0.25) is 4.79 Å². The highest BCUT2D eigenvalue weighted by Gasteiger charge is 2.28. The maximum atomic E-state index is 12.8. The second-order valence-corrected chi connectivity index (χ2v) is 11.5. The van der Waals surface area contributed by atoms with Crippen LogP contribution in [0.1, 0.15) is 95.6 Å². The average molecular weight is 525 g/mol. The van der Waals surface area contributed by atoms with Crippen LogP contribution in [0.5, 0.6) is 5.75 Å². The Hall–Kier alpha value is -2.33. The molecule has 2 aromatic rings. The summed E-state index contributed by atoms with van der Waals surface area (Å²) in [5, 5.41) is 0. The molecular formula is C34H54NO3+. The third-order valence-electron chi connectivity index (χ3n) is 7.31. The molecule has 4 nitrogen and oxygen atoms in total. The number of hydrogen-bond donors (Lipinski definition) is 0. The lowest BCUT2D eigenvalue weighted by Crippen LogP contribution is -2.44. The summed E-state index contributed by atoms with van der Waals surface area (Å²) in [6.45, 7) is 6.65. The topological polar surface area (TPSA) is 35.5 Å². The van der Waals surface area contributed by atoms with Crippen LogP contribution in [-0.2, 0) is 22.5 Å². The minimum absolute atomic E-state index is 0.113. The van der Waals surface area contributed by atoms with Crippen molar-refractivity contribution in [2.45, 2.75) is 97.4 Å². The summed E-state index contributed by atoms with van der Waals surface area (Å²) >= 11 is 0. The molecule has 2 aromatic carbocycles. The van der Waals surface area contributed by atoms with Gasteiger partial charge in [-0.05, 0) is 37.0 Å². The maximum Gasteiger partial charge on any atom is 0.314 e. The number of hydrogen-bond acceptors (Lipinski definition) is 3. The fourth-order valence-electron chi connectivity index (χ4n) is 5.14. The third-order valence-corrected chi connectivity index (χ3v) is 7.31. The molecule has 1 unspecified atom stereocenters. The number of benzene rings is 2. The molecule has 1 atom stereocenters. The van der Waals surface area contributed by atoms with E-state index in [2.05, 4.69) is 70.4 Å². The van der Waals surface area contributed by atoms with Gasteiger partial charge in [0.25, 0.3) is 0 Å². The molecule has 0 saturated heterocycles. The van der Waals surface area contributed by atoms with E-state index in [9.17, 15) is 4.79 Å². The Morgan fingerprint density at radius 1 is 0.763 bits per heavy atom. The van der Waals surface area contributed by atoms with Crippen molar-refractivity contribution < 1.29 is 18.8 Å². The van der Waals surface area contributed by atoms with Crippen molar-refractivity contribution in [2.24, 2.45) is 5.92 Å². The van der Waals surface area contributed by atoms with E-state index in [1.807, 2.05) is 12.1 Å². The normalized spacial score (nSPS) is 12.3. The molecular weight excluding hydrogens is 470 g/mol. The summed E-state index contributed by atoms with van der Waals surface area (Å²) in [5.41, 5.74) is 2.60. The Labute approximate surface area is 233 Å². The maximum absolute atomic E-state index is 12.8. The summed E-state index contributed by atoms with van der Waals surface area (Å²) in [5.74, 6) is 0.626. The van der Waals surface area contributed by atoms with Gasteiger partial charge in [0.15, 0.2) is 0 Å². The quantitative estimate of drug-likeness (QED) is 0.0934. The Morgan fingerprint density at radius 3 is 2.05 bits per heavy atom. The first kappa shape index (κ1) is 31.9. The summed E-state index contributed by atoms with van der Waals surface area (Å²) in [7, 11) is 4.35. The van der Waals surface area contributed by atoms with Gasteiger partial charge >= 0.3 is 5.97 Å². The van der Waals surface area contributed by atoms with Crippen LogP contribution in [-0.4, -0.2) is 44.3 Å². The predicted molar refractivity (Wildman–Crippen MR) is 159 cm³/mol. The van der Waals surface area contributed by atoms with Crippen LogP contribution in [0.3, 0.4) is 0 Å². The van der Waals surface area contributed by atoms with Crippen molar-refractivity contribution in [3.05, 3.63) is 65.7 Å². The van der Waals surface area contributed by atoms with Gasteiger partial charge in [0.2, 0.25) is 0 Å². The molecule has 0 fully saturated rings. The van der Waals surface area contributed by atoms with E-state index in [-0.39, 0.29) is 18.5 Å². The Balaban J connectivity index is 1.62. The molecule has 38 heavy (non-hydrogen) atoms. The van der Waals surface area contributed by atoms with Crippen LogP contribution in [0.15, 0.2) is 54.6 Å². The molecule has 2 rings (SSSR count). The molecule has 0 amide bonds. The highest BCUT2D eigenvalue weighted by atomic mass is 16.6. The average Bonchev–Trinajstić information content (AvgIpc) is 2.91. The number of esters is 1. The summed E-state index contributed by atoms with van der Waals surface area (Å²) in [6.07, 6.45) is 15.4. The van der Waals surface area contributed by atoms with Gasteiger partial charge in [-0.1, -0.05) is 114 Å². The molecule has 0 aromatic heterocycles. The second kappa shape index (κ2) is 18.8. The fraction of sp³-hybridized carbons (Fsp3) is 0.618. The highest BCUT2D eigenvalue weighted by molar-refractivity contribution is 5.72. The number of nitrogens with zero attached hydrogens (tertiary/aromatic N) is 1. The highest BCUT2D eigenvalue weighted by Crippen LogP contribution is 2.18. The van der Waals surface area contributed by atoms with Crippen LogP contribution in [0.25, 0.3) is 0 Å². The van der Waals surface area contributed by atoms with E-state index < -0.39 is 0 Å². The van der Waals surface area contributed by atoms with Crippen LogP contribution >= 0.6 is 0 Å². The number of aryl methyl sites for hydroxylation is 1. The molecule has 0 saturated carbocycles. The van der Waals surface area contributed by atoms with Crippen molar-refractivity contribution in [1.82, 2.24) is 0 Å². The summed E-state index contributed by atoms with van der Waals surface area (Å²) in [6, 6.07) is 18.8. The van der Waals surface area contributed by atoms with Gasteiger partial charge in [0, 0.05) is 5.56 Å². The first-order valence-electron chi connectivity index (χ1n) is 15.2. The molecule has 0 aliphatic heterocycles. The van der Waals surface area contributed by atoms with Crippen LogP contribution in [0.4, 0.5) is 0 Å². The standard InChI is InChI=1S/C34H54NO3/c1-5-7-8-9-10-11-12-13-14-16-20-30-23-19-24-33(27-30)37-25-26-38-34(36)32(6-2)29-35(3,4)28-31-21-17-15-18-22-31/h15,17-19,21-24,27,32H,5-14,16,20,25-26,28-29H2,1-4H3/q+1. The number of unbranched alkanes of at least 4 members (excludes halogenated alkanes) is 9. The van der Waals surface area contributed by atoms with E-state index in [4.69, 9.17) is 9.47 Å². The molecule has 0 bridgehead atoms. The molecule has 0 aliphatic rings. The Bertz CT molecular complexity index is 880. The van der Waals surface area contributed by atoms with Crippen LogP contribution < -0.4 is 4.74 Å². The van der Waals surface area contributed by atoms with Gasteiger partial charge in [-0.15, -0.1) is 0 Å². The minimum atomic E-state index is -0.120. The monoisotopic (exact) mass is 524 g/mol. The summed E-state index contributed by atoms with van der Waals surface area (Å²) < 4.78 is 12.3. The predicted octanol–water partition coefficient (Wildman–Crippen LogP) is 8.37. The number of carbonyl (C=O) groups is 1. The van der Waals surface area contributed by atoms with Crippen molar-refractivity contribution >= 4 is 5.97 Å². The molecule has 0 radical (unpaired) electrons. The van der Waals surface area contributed by atoms with Crippen LogP contribution in [0, 0.1) is 5.92 Å². The number of carbonyl (C=O) groups excluding carboxylic acids is 1. The SMILES string of the molecule is CCCCCCCCCCCCc1cccc(OCCOC(=O)C(CC)C[N+](C)(C)Cc2ccccc2)c1. The van der Waals surface area contributed by atoms with Gasteiger partial charge in [-0.2, -0.15) is 0 Å². The van der Waals surface area contributed by atoms with Crippen molar-refractivity contribution in [2.75, 3.05) is 33.9 Å². The lowest BCUT2D eigenvalue weighted by molar-refractivity contribution is -0.906. The zero-order valence-corrected chi connectivity index (χ0v) is 24.8. The Kier molecular flexibility index (Phi) is 15.8. The number of quaternary nitrogens is 1. The molecule has 212 valence electrons. The van der Waals surface area contributed by atoms with E-state index in [0.717, 1.165) is 36.2 Å². The first-order chi connectivity index (χ1) is 18.4. The lowest BCUT2D eigenvalue weighted by Gasteiger charge is -2.32. The van der Waals surface area contributed by atoms with E-state index in [1.54, 1.807) is 0 Å². The van der Waals surface area contributed by atoms with E-state index in [0.29, 0.717) is 6.61 Å². The molecule has 0 spiro atoms. The minimum Gasteiger partial charge on any atom is -0.490 e. The Morgan fingerprint density at radius 2 is 1.39 bits per heavy atom. The number of rotatable bonds is 21. The van der Waals surface area contributed by atoms with Gasteiger partial charge in [-0.25, -0.2) is 0 Å². The molecule has 4 heteroatoms. The van der Waals surface area contributed by atoms with Crippen LogP contribution in [0.2, 0.25) is 0 Å². The van der Waals surface area contributed by atoms with Gasteiger partial charge < -0.3 is 14.0 Å². The van der Waals surface area contributed by atoms with Gasteiger partial charge in [0.1, 0.15) is 31.4 Å². The first-order valence-corrected chi connectivity index (χ1v) is 15.2. The smallest absolute Gasteiger partial charge is 0.314 e. The molecule has 0 N–H and O–H groups in total. The van der Waals surface area contributed by atoms with E-state index >= 15 is 0 Å². The van der Waals surface area contributed by atoms with Crippen molar-refractivity contribution in [1.29, 1.82) is 0 Å². The van der Waals surface area contributed by atoms with Crippen molar-refractivity contribution in [3.63, 3.8) is 0 Å². The lowest BCUT2D eigenvalue weighted by atomic mass is 10.0. The van der Waals surface area contributed by atoms with E-state index in [1.165, 1.54) is 75.3 Å². The van der Waals surface area contributed by atoms with Crippen molar-refractivity contribution in [3.8, 4) is 5.75 Å². The largest absolute Gasteiger partial charge is 0.490 e. The summed E-state index contributed by atoms with van der Waals surface area (Å²) in [4.78, 5) is 12.8. The van der Waals surface area contributed by atoms with Gasteiger partial charge in [0.05, 0.1) is 20.6 Å². The third kappa shape index (κ3) is 14.0. The zero-order valence-electron chi connectivity index (χ0n) is 24.8. The number of ether oxygens (including phenoxy) is 2. The molecule has 0 heterocycles. The zero-order chi connectivity index (χ0) is 27.5. The fourth-order valence-corrected chi connectivity index (χ4v) is 5.14.